The van der Waals surface area contributed by atoms with Gasteiger partial charge in [-0.1, -0.05) is 32.9 Å². The van der Waals surface area contributed by atoms with E-state index in [1.807, 2.05) is 18.2 Å². The predicted octanol–water partition coefficient (Wildman–Crippen LogP) is 3.92. The van der Waals surface area contributed by atoms with E-state index in [0.29, 0.717) is 12.8 Å². The number of aldehydes is 1. The monoisotopic (exact) mass is 336 g/mol. The first kappa shape index (κ1) is 19.4. The number of hydrogen-bond donors (Lipinski definition) is 0. The largest absolute Gasteiger partial charge is 0.543 e. The van der Waals surface area contributed by atoms with Gasteiger partial charge in [0.25, 0.3) is 0 Å². The molecule has 0 aliphatic rings. The fraction of sp³-hybridized carbons (Fsp3) is 0.556. The van der Waals surface area contributed by atoms with E-state index < -0.39 is 8.32 Å². The van der Waals surface area contributed by atoms with E-state index in [-0.39, 0.29) is 17.4 Å². The Morgan fingerprint density at radius 2 is 1.91 bits per heavy atom. The number of hydrogen-bond acceptors (Lipinski definition) is 4. The first-order valence-electron chi connectivity index (χ1n) is 7.92. The van der Waals surface area contributed by atoms with Gasteiger partial charge >= 0.3 is 5.97 Å². The Bertz CT molecular complexity index is 559. The Kier molecular flexibility index (Phi) is 6.56. The van der Waals surface area contributed by atoms with Gasteiger partial charge in [0.05, 0.1) is 13.5 Å². The van der Waals surface area contributed by atoms with Crippen LogP contribution >= 0.6 is 0 Å². The molecule has 0 fully saturated rings. The third-order valence-corrected chi connectivity index (χ3v) is 8.82. The average Bonchev–Trinajstić information content (AvgIpc) is 2.45. The minimum atomic E-state index is -1.99. The standard InChI is InChI=1S/C18H28O4Si/c1-18(2,3)23(5,6)22-16-11-7-9-14(13-17(20)21-4)15(16)10-8-12-19/h7,9,11-12H,8,10,13H2,1-6H3. The van der Waals surface area contributed by atoms with Crippen molar-refractivity contribution >= 4 is 20.6 Å². The molecule has 0 unspecified atom stereocenters. The molecular weight excluding hydrogens is 308 g/mol. The van der Waals surface area contributed by atoms with Crippen LogP contribution in [-0.4, -0.2) is 27.7 Å². The van der Waals surface area contributed by atoms with Crippen LogP contribution < -0.4 is 4.43 Å². The molecule has 0 heterocycles. The SMILES string of the molecule is COC(=O)Cc1cccc(O[Si](C)(C)C(C)(C)C)c1CCC=O. The van der Waals surface area contributed by atoms with Crippen LogP contribution in [0.25, 0.3) is 0 Å². The highest BCUT2D eigenvalue weighted by atomic mass is 28.4. The van der Waals surface area contributed by atoms with Gasteiger partial charge in [-0.15, -0.1) is 0 Å². The number of benzene rings is 1. The Labute approximate surface area is 140 Å². The van der Waals surface area contributed by atoms with Crippen molar-refractivity contribution in [1.29, 1.82) is 0 Å². The molecule has 1 rings (SSSR count). The van der Waals surface area contributed by atoms with Crippen LogP contribution in [0.2, 0.25) is 18.1 Å². The fourth-order valence-corrected chi connectivity index (χ4v) is 3.06. The third-order valence-electron chi connectivity index (χ3n) is 4.48. The minimum absolute atomic E-state index is 0.0767. The van der Waals surface area contributed by atoms with Crippen molar-refractivity contribution in [2.45, 2.75) is 58.2 Å². The van der Waals surface area contributed by atoms with Gasteiger partial charge < -0.3 is 14.0 Å². The number of methoxy groups -OCH3 is 1. The van der Waals surface area contributed by atoms with E-state index in [0.717, 1.165) is 23.2 Å². The van der Waals surface area contributed by atoms with Gasteiger partial charge in [-0.3, -0.25) is 4.79 Å². The van der Waals surface area contributed by atoms with Crippen LogP contribution in [0.5, 0.6) is 5.75 Å². The predicted molar refractivity (Wildman–Crippen MR) is 94.4 cm³/mol. The molecule has 0 bridgehead atoms. The third kappa shape index (κ3) is 5.20. The maximum atomic E-state index is 11.6. The summed E-state index contributed by atoms with van der Waals surface area (Å²) in [6.45, 7) is 10.9. The summed E-state index contributed by atoms with van der Waals surface area (Å²) in [5.41, 5.74) is 1.81. The molecule has 0 radical (unpaired) electrons. The lowest BCUT2D eigenvalue weighted by Gasteiger charge is -2.37. The van der Waals surface area contributed by atoms with E-state index in [1.165, 1.54) is 7.11 Å². The van der Waals surface area contributed by atoms with Gasteiger partial charge in [0.15, 0.2) is 0 Å². The molecule has 4 nitrogen and oxygen atoms in total. The summed E-state index contributed by atoms with van der Waals surface area (Å²) in [5.74, 6) is 0.502. The van der Waals surface area contributed by atoms with Crippen molar-refractivity contribution in [1.82, 2.24) is 0 Å². The normalized spacial score (nSPS) is 11.9. The lowest BCUT2D eigenvalue weighted by atomic mass is 9.99. The Balaban J connectivity index is 3.22. The lowest BCUT2D eigenvalue weighted by Crippen LogP contribution is -2.44. The maximum absolute atomic E-state index is 11.6. The molecule has 0 saturated carbocycles. The van der Waals surface area contributed by atoms with E-state index in [9.17, 15) is 9.59 Å². The van der Waals surface area contributed by atoms with Crippen molar-refractivity contribution < 1.29 is 18.8 Å². The number of rotatable bonds is 7. The van der Waals surface area contributed by atoms with Crippen molar-refractivity contribution in [3.05, 3.63) is 29.3 Å². The topological polar surface area (TPSA) is 52.6 Å². The van der Waals surface area contributed by atoms with E-state index in [4.69, 9.17) is 9.16 Å². The molecule has 0 saturated heterocycles. The molecule has 0 atom stereocenters. The Hall–Kier alpha value is -1.62. The summed E-state index contributed by atoms with van der Waals surface area (Å²) in [6, 6.07) is 5.72. The molecule has 5 heteroatoms. The highest BCUT2D eigenvalue weighted by Crippen LogP contribution is 2.39. The van der Waals surface area contributed by atoms with Crippen LogP contribution in [0.3, 0.4) is 0 Å². The Morgan fingerprint density at radius 1 is 1.26 bits per heavy atom. The van der Waals surface area contributed by atoms with Gasteiger partial charge in [0.1, 0.15) is 12.0 Å². The van der Waals surface area contributed by atoms with E-state index in [2.05, 4.69) is 33.9 Å². The molecule has 0 aliphatic carbocycles. The molecule has 1 aromatic carbocycles. The minimum Gasteiger partial charge on any atom is -0.543 e. The molecule has 0 spiro atoms. The van der Waals surface area contributed by atoms with Gasteiger partial charge in [0, 0.05) is 6.42 Å². The summed E-state index contributed by atoms with van der Waals surface area (Å²) in [5, 5.41) is 0.0767. The van der Waals surface area contributed by atoms with Crippen LogP contribution in [0.15, 0.2) is 18.2 Å². The highest BCUT2D eigenvalue weighted by molar-refractivity contribution is 6.74. The fourth-order valence-electron chi connectivity index (χ4n) is 2.02. The van der Waals surface area contributed by atoms with Gasteiger partial charge in [0.2, 0.25) is 8.32 Å². The van der Waals surface area contributed by atoms with Crippen LogP contribution in [0, 0.1) is 0 Å². The van der Waals surface area contributed by atoms with Gasteiger partial charge in [-0.2, -0.15) is 0 Å². The van der Waals surface area contributed by atoms with Crippen LogP contribution in [-0.2, 0) is 27.2 Å². The highest BCUT2D eigenvalue weighted by Gasteiger charge is 2.39. The summed E-state index contributed by atoms with van der Waals surface area (Å²) in [6.07, 6.45) is 2.07. The van der Waals surface area contributed by atoms with Gasteiger partial charge in [-0.05, 0) is 41.7 Å². The van der Waals surface area contributed by atoms with E-state index in [1.54, 1.807) is 0 Å². The first-order valence-corrected chi connectivity index (χ1v) is 10.8. The van der Waals surface area contributed by atoms with Crippen molar-refractivity contribution in [3.63, 3.8) is 0 Å². The number of ether oxygens (including phenoxy) is 1. The van der Waals surface area contributed by atoms with Crippen molar-refractivity contribution in [3.8, 4) is 5.75 Å². The quantitative estimate of drug-likeness (QED) is 0.430. The van der Waals surface area contributed by atoms with Crippen LogP contribution in [0.1, 0.15) is 38.3 Å². The zero-order valence-electron chi connectivity index (χ0n) is 15.1. The molecule has 0 N–H and O–H groups in total. The lowest BCUT2D eigenvalue weighted by molar-refractivity contribution is -0.139. The average molecular weight is 337 g/mol. The Morgan fingerprint density at radius 3 is 2.43 bits per heavy atom. The first-order chi connectivity index (χ1) is 10.6. The molecular formula is C18H28O4Si. The van der Waals surface area contributed by atoms with Crippen molar-refractivity contribution in [2.75, 3.05) is 7.11 Å². The van der Waals surface area contributed by atoms with Crippen molar-refractivity contribution in [2.24, 2.45) is 0 Å². The second-order valence-corrected chi connectivity index (χ2v) is 11.9. The second-order valence-electron chi connectivity index (χ2n) is 7.21. The van der Waals surface area contributed by atoms with Crippen LogP contribution in [0.4, 0.5) is 0 Å². The maximum Gasteiger partial charge on any atom is 0.309 e. The number of esters is 1. The number of carbonyl (C=O) groups excluding carboxylic acids is 2. The summed E-state index contributed by atoms with van der Waals surface area (Å²) in [4.78, 5) is 22.4. The summed E-state index contributed by atoms with van der Waals surface area (Å²) < 4.78 is 11.2. The molecule has 128 valence electrons. The molecule has 1 aromatic rings. The molecule has 0 aromatic heterocycles. The smallest absolute Gasteiger partial charge is 0.309 e. The molecule has 23 heavy (non-hydrogen) atoms. The zero-order valence-corrected chi connectivity index (χ0v) is 16.1. The summed E-state index contributed by atoms with van der Waals surface area (Å²) in [7, 11) is -0.614. The zero-order chi connectivity index (χ0) is 17.7. The second kappa shape index (κ2) is 7.77. The van der Waals surface area contributed by atoms with E-state index >= 15 is 0 Å². The molecule has 0 aliphatic heterocycles. The number of carbonyl (C=O) groups is 2. The van der Waals surface area contributed by atoms with Gasteiger partial charge in [-0.25, -0.2) is 0 Å². The summed E-state index contributed by atoms with van der Waals surface area (Å²) >= 11 is 0. The molecule has 0 amide bonds.